The third-order valence-electron chi connectivity index (χ3n) is 5.69. The summed E-state index contributed by atoms with van der Waals surface area (Å²) in [5, 5.41) is 4.76. The highest BCUT2D eigenvalue weighted by atomic mass is 19.4. The normalized spacial score (nSPS) is 18.1. The summed E-state index contributed by atoms with van der Waals surface area (Å²) in [5.74, 6) is -5.80. The quantitative estimate of drug-likeness (QED) is 0.552. The Bertz CT molecular complexity index is 916. The number of carbonyl (C=O) groups is 4. The van der Waals surface area contributed by atoms with Crippen LogP contribution in [0.5, 0.6) is 0 Å². The fourth-order valence-electron chi connectivity index (χ4n) is 3.78. The first-order valence-electron chi connectivity index (χ1n) is 11.0. The maximum absolute atomic E-state index is 13.3. The second-order valence-electron chi connectivity index (χ2n) is 8.98. The number of carbonyl (C=O) groups excluding carboxylic acids is 4. The van der Waals surface area contributed by atoms with Crippen LogP contribution in [0.15, 0.2) is 24.3 Å². The maximum Gasteiger partial charge on any atom is 0.452 e. The molecule has 7 nitrogen and oxygen atoms in total. The molecule has 3 atom stereocenters. The molecule has 2 N–H and O–H groups in total. The molecule has 11 heteroatoms. The van der Waals surface area contributed by atoms with Gasteiger partial charge >= 0.3 is 6.18 Å². The van der Waals surface area contributed by atoms with Gasteiger partial charge in [0.25, 0.3) is 11.7 Å². The molecule has 3 amide bonds. The number of hydrogen-bond acceptors (Lipinski definition) is 4. The number of amides is 3. The van der Waals surface area contributed by atoms with Crippen molar-refractivity contribution in [3.8, 4) is 0 Å². The molecule has 1 aliphatic rings. The molecule has 34 heavy (non-hydrogen) atoms. The van der Waals surface area contributed by atoms with Crippen LogP contribution in [-0.2, 0) is 14.4 Å². The van der Waals surface area contributed by atoms with E-state index in [0.717, 1.165) is 12.1 Å². The zero-order valence-electron chi connectivity index (χ0n) is 19.4. The van der Waals surface area contributed by atoms with Crippen LogP contribution >= 0.6 is 0 Å². The molecule has 1 aromatic carbocycles. The molecule has 0 aliphatic carbocycles. The molecular weight excluding hydrogens is 458 g/mol. The first-order valence-corrected chi connectivity index (χ1v) is 11.0. The number of hydrogen-bond donors (Lipinski definition) is 2. The van der Waals surface area contributed by atoms with Crippen molar-refractivity contribution in [1.82, 2.24) is 15.5 Å². The maximum atomic E-state index is 13.3. The zero-order chi connectivity index (χ0) is 25.8. The van der Waals surface area contributed by atoms with Crippen molar-refractivity contribution in [2.24, 2.45) is 11.8 Å². The lowest BCUT2D eigenvalue weighted by atomic mass is 9.98. The lowest BCUT2D eigenvalue weighted by molar-refractivity contribution is -0.175. The van der Waals surface area contributed by atoms with Gasteiger partial charge in [-0.3, -0.25) is 19.2 Å². The molecule has 1 aliphatic heterocycles. The van der Waals surface area contributed by atoms with Gasteiger partial charge < -0.3 is 15.5 Å². The first-order chi connectivity index (χ1) is 15.7. The molecule has 188 valence electrons. The van der Waals surface area contributed by atoms with Gasteiger partial charge in [-0.25, -0.2) is 4.39 Å². The van der Waals surface area contributed by atoms with Crippen molar-refractivity contribution in [2.45, 2.75) is 64.8 Å². The molecule has 0 aromatic heterocycles. The van der Waals surface area contributed by atoms with Gasteiger partial charge in [-0.2, -0.15) is 13.2 Å². The molecule has 1 heterocycles. The van der Waals surface area contributed by atoms with Crippen LogP contribution in [0.1, 0.15) is 50.9 Å². The van der Waals surface area contributed by atoms with E-state index in [2.05, 4.69) is 10.6 Å². The minimum Gasteiger partial charge on any atom is -0.344 e. The number of Topliss-reactive ketones (excluding diaryl/α,β-unsaturated/α-hetero) is 1. The minimum atomic E-state index is -5.11. The van der Waals surface area contributed by atoms with Gasteiger partial charge in [0.1, 0.15) is 17.9 Å². The van der Waals surface area contributed by atoms with Gasteiger partial charge in [-0.15, -0.1) is 0 Å². The van der Waals surface area contributed by atoms with Crippen LogP contribution in [0, 0.1) is 17.7 Å². The van der Waals surface area contributed by atoms with Gasteiger partial charge in [-0.05, 0) is 48.9 Å². The number of alkyl halides is 3. The van der Waals surface area contributed by atoms with Gasteiger partial charge in [0, 0.05) is 12.1 Å². The fourth-order valence-corrected chi connectivity index (χ4v) is 3.78. The second kappa shape index (κ2) is 11.0. The Morgan fingerprint density at radius 2 is 1.50 bits per heavy atom. The molecule has 0 saturated carbocycles. The standard InChI is InChI=1S/C23H29F4N3O4/c1-12(2)17(19(31)23(25,26)27)28-21(33)16-6-5-11-30(16)22(34)18(13(3)4)29-20(32)14-7-9-15(24)10-8-14/h7-10,12-13,16-18H,5-6,11H2,1-4H3,(H,28,33)(H,29,32)/t16-,17-,18-/m0/s1. The van der Waals surface area contributed by atoms with Gasteiger partial charge in [-0.1, -0.05) is 27.7 Å². The van der Waals surface area contributed by atoms with E-state index in [1.165, 1.54) is 30.9 Å². The van der Waals surface area contributed by atoms with Crippen LogP contribution in [-0.4, -0.2) is 59.3 Å². The van der Waals surface area contributed by atoms with Crippen molar-refractivity contribution in [2.75, 3.05) is 6.54 Å². The number of nitrogens with zero attached hydrogens (tertiary/aromatic N) is 1. The van der Waals surface area contributed by atoms with Gasteiger partial charge in [0.15, 0.2) is 0 Å². The Labute approximate surface area is 195 Å². The van der Waals surface area contributed by atoms with Crippen molar-refractivity contribution < 1.29 is 36.7 Å². The molecular formula is C23H29F4N3O4. The van der Waals surface area contributed by atoms with Crippen LogP contribution in [0.2, 0.25) is 0 Å². The van der Waals surface area contributed by atoms with E-state index in [-0.39, 0.29) is 24.4 Å². The van der Waals surface area contributed by atoms with Crippen LogP contribution in [0.25, 0.3) is 0 Å². The lowest BCUT2D eigenvalue weighted by Crippen LogP contribution is -2.58. The third kappa shape index (κ3) is 6.54. The van der Waals surface area contributed by atoms with E-state index in [9.17, 15) is 36.7 Å². The number of rotatable bonds is 8. The molecule has 0 bridgehead atoms. The van der Waals surface area contributed by atoms with Gasteiger partial charge in [0.2, 0.25) is 11.8 Å². The minimum absolute atomic E-state index is 0.140. The zero-order valence-corrected chi connectivity index (χ0v) is 19.4. The van der Waals surface area contributed by atoms with E-state index in [0.29, 0.717) is 6.42 Å². The molecule has 0 unspecified atom stereocenters. The van der Waals surface area contributed by atoms with Crippen molar-refractivity contribution in [1.29, 1.82) is 0 Å². The highest BCUT2D eigenvalue weighted by Gasteiger charge is 2.46. The molecule has 2 rings (SSSR count). The SMILES string of the molecule is CC(C)[C@H](NC(=O)c1ccc(F)cc1)C(=O)N1CCC[C@H]1C(=O)N[C@H](C(=O)C(F)(F)F)C(C)C. The largest absolute Gasteiger partial charge is 0.452 e. The topological polar surface area (TPSA) is 95.6 Å². The number of halogens is 4. The highest BCUT2D eigenvalue weighted by molar-refractivity contribution is 5.99. The summed E-state index contributed by atoms with van der Waals surface area (Å²) in [6.07, 6.45) is -4.47. The lowest BCUT2D eigenvalue weighted by Gasteiger charge is -2.32. The van der Waals surface area contributed by atoms with Crippen LogP contribution in [0.4, 0.5) is 17.6 Å². The second-order valence-corrected chi connectivity index (χ2v) is 8.98. The van der Waals surface area contributed by atoms with Crippen LogP contribution in [0.3, 0.4) is 0 Å². The average Bonchev–Trinajstić information content (AvgIpc) is 3.24. The van der Waals surface area contributed by atoms with Crippen molar-refractivity contribution >= 4 is 23.5 Å². The van der Waals surface area contributed by atoms with Crippen molar-refractivity contribution in [3.63, 3.8) is 0 Å². The Hall–Kier alpha value is -2.98. The molecule has 0 radical (unpaired) electrons. The third-order valence-corrected chi connectivity index (χ3v) is 5.69. The Kier molecular flexibility index (Phi) is 8.79. The van der Waals surface area contributed by atoms with Gasteiger partial charge in [0.05, 0.1) is 6.04 Å². The number of likely N-dealkylation sites (tertiary alicyclic amines) is 1. The summed E-state index contributed by atoms with van der Waals surface area (Å²) >= 11 is 0. The molecule has 1 saturated heterocycles. The number of nitrogens with one attached hydrogen (secondary N) is 2. The molecule has 1 aromatic rings. The van der Waals surface area contributed by atoms with E-state index in [1.807, 2.05) is 0 Å². The summed E-state index contributed by atoms with van der Waals surface area (Å²) in [7, 11) is 0. The monoisotopic (exact) mass is 487 g/mol. The fraction of sp³-hybridized carbons (Fsp3) is 0.565. The number of ketones is 1. The summed E-state index contributed by atoms with van der Waals surface area (Å²) in [5.41, 5.74) is 0.140. The highest BCUT2D eigenvalue weighted by Crippen LogP contribution is 2.24. The summed E-state index contributed by atoms with van der Waals surface area (Å²) in [6, 6.07) is 0.876. The summed E-state index contributed by atoms with van der Waals surface area (Å²) in [4.78, 5) is 51.6. The van der Waals surface area contributed by atoms with E-state index in [1.54, 1.807) is 13.8 Å². The van der Waals surface area contributed by atoms with E-state index in [4.69, 9.17) is 0 Å². The number of benzene rings is 1. The predicted molar refractivity (Wildman–Crippen MR) is 115 cm³/mol. The Morgan fingerprint density at radius 3 is 2.00 bits per heavy atom. The summed E-state index contributed by atoms with van der Waals surface area (Å²) < 4.78 is 52.0. The predicted octanol–water partition coefficient (Wildman–Crippen LogP) is 2.84. The van der Waals surface area contributed by atoms with E-state index >= 15 is 0 Å². The Morgan fingerprint density at radius 1 is 0.941 bits per heavy atom. The van der Waals surface area contributed by atoms with Crippen molar-refractivity contribution in [3.05, 3.63) is 35.6 Å². The first kappa shape index (κ1) is 27.3. The van der Waals surface area contributed by atoms with E-state index < -0.39 is 59.5 Å². The average molecular weight is 487 g/mol. The smallest absolute Gasteiger partial charge is 0.344 e. The summed E-state index contributed by atoms with van der Waals surface area (Å²) in [6.45, 7) is 6.31. The Balaban J connectivity index is 2.17. The molecule has 0 spiro atoms. The van der Waals surface area contributed by atoms with Crippen LogP contribution < -0.4 is 10.6 Å². The molecule has 1 fully saturated rings.